The van der Waals surface area contributed by atoms with Crippen molar-refractivity contribution in [2.75, 3.05) is 39.6 Å². The summed E-state index contributed by atoms with van der Waals surface area (Å²) in [4.78, 5) is 58.9. The van der Waals surface area contributed by atoms with Crippen molar-refractivity contribution in [3.05, 3.63) is 158 Å². The van der Waals surface area contributed by atoms with Crippen LogP contribution in [0.15, 0.2) is 158 Å². The molecule has 636 valence electrons. The van der Waals surface area contributed by atoms with Crippen LogP contribution in [0.4, 0.5) is 0 Å². The molecule has 0 saturated heterocycles. The molecule has 0 saturated carbocycles. The molecule has 5 atom stereocenters. The van der Waals surface area contributed by atoms with Crippen LogP contribution in [0, 0.1) is 0 Å². The predicted molar refractivity (Wildman–Crippen MR) is 463 cm³/mol. The zero-order valence-electron chi connectivity index (χ0n) is 69.8. The lowest BCUT2D eigenvalue weighted by atomic mass is 10.0. The number of aliphatic hydroxyl groups is 2. The summed E-state index contributed by atoms with van der Waals surface area (Å²) >= 11 is 0. The highest BCUT2D eigenvalue weighted by molar-refractivity contribution is 7.47. The van der Waals surface area contributed by atoms with Crippen LogP contribution in [-0.4, -0.2) is 95.9 Å². The van der Waals surface area contributed by atoms with Gasteiger partial charge in [0.1, 0.15) is 25.4 Å². The van der Waals surface area contributed by atoms with Gasteiger partial charge in [-0.15, -0.1) is 0 Å². The Bertz CT molecular complexity index is 2650. The van der Waals surface area contributed by atoms with E-state index in [-0.39, 0.29) is 19.3 Å². The van der Waals surface area contributed by atoms with E-state index in [4.69, 9.17) is 32.3 Å². The molecule has 18 heteroatoms. The topological polar surface area (TPSA) is 231 Å². The van der Waals surface area contributed by atoms with E-state index in [1.807, 2.05) is 0 Å². The van der Waals surface area contributed by atoms with Crippen LogP contribution in [0.1, 0.15) is 355 Å². The van der Waals surface area contributed by atoms with Crippen molar-refractivity contribution in [1.29, 1.82) is 0 Å². The molecule has 0 aromatic heterocycles. The van der Waals surface area contributed by atoms with Gasteiger partial charge in [0, 0.05) is 19.3 Å². The van der Waals surface area contributed by atoms with E-state index in [9.17, 15) is 43.5 Å². The van der Waals surface area contributed by atoms with Crippen LogP contribution in [0.2, 0.25) is 0 Å². The number of carbonyl (C=O) groups excluding carboxylic acids is 3. The third-order valence-electron chi connectivity index (χ3n) is 18.2. The smallest absolute Gasteiger partial charge is 0.463 e. The molecule has 0 radical (unpaired) electrons. The predicted octanol–water partition coefficient (Wildman–Crippen LogP) is 26.5. The Kier molecular flexibility index (Phi) is 80.9. The summed E-state index contributed by atoms with van der Waals surface area (Å²) in [5.41, 5.74) is 0. The first-order valence-corrected chi connectivity index (χ1v) is 46.8. The average molecular weight is 1590 g/mol. The first-order chi connectivity index (χ1) is 54.2. The number of unbranched alkanes of at least 4 members (excludes halogenated alkanes) is 33. The largest absolute Gasteiger partial charge is 0.472 e. The molecular weight excluding hydrogens is 1430 g/mol. The van der Waals surface area contributed by atoms with Crippen LogP contribution in [-0.2, 0) is 55.8 Å². The second kappa shape index (κ2) is 84.6. The van der Waals surface area contributed by atoms with Gasteiger partial charge in [0.15, 0.2) is 6.10 Å². The summed E-state index contributed by atoms with van der Waals surface area (Å²) in [7, 11) is -9.82. The van der Waals surface area contributed by atoms with E-state index in [0.717, 1.165) is 141 Å². The number of allylic oxidation sites excluding steroid dienone is 26. The third-order valence-corrected chi connectivity index (χ3v) is 20.1. The number of carbonyl (C=O) groups is 3. The molecule has 0 heterocycles. The van der Waals surface area contributed by atoms with Crippen molar-refractivity contribution in [2.24, 2.45) is 0 Å². The van der Waals surface area contributed by atoms with Gasteiger partial charge in [0.05, 0.1) is 26.4 Å². The number of phosphoric ester groups is 2. The summed E-state index contributed by atoms with van der Waals surface area (Å²) < 4.78 is 61.3. The van der Waals surface area contributed by atoms with Crippen molar-refractivity contribution in [3.8, 4) is 0 Å². The number of phosphoric acid groups is 2. The molecule has 5 unspecified atom stereocenters. The van der Waals surface area contributed by atoms with Gasteiger partial charge in [-0.2, -0.15) is 0 Å². The highest BCUT2D eigenvalue weighted by Gasteiger charge is 2.29. The summed E-state index contributed by atoms with van der Waals surface area (Å²) in [6, 6.07) is 0. The minimum absolute atomic E-state index is 0.0596. The molecule has 0 aromatic rings. The quantitative estimate of drug-likeness (QED) is 0.0146. The summed E-state index contributed by atoms with van der Waals surface area (Å²) in [6.45, 7) is 2.49. The minimum atomic E-state index is -4.95. The molecule has 111 heavy (non-hydrogen) atoms. The van der Waals surface area contributed by atoms with Gasteiger partial charge in [-0.25, -0.2) is 9.13 Å². The molecule has 0 aliphatic heterocycles. The normalized spacial score (nSPS) is 14.6. The van der Waals surface area contributed by atoms with Gasteiger partial charge in [0.2, 0.25) is 0 Å². The standard InChI is InChI=1S/C93H158O16P2/c1-4-7-10-13-16-19-22-25-28-31-34-36-38-40-41-42-43-44-45-47-49-50-53-55-58-61-64-67-70-73-76-79-91(96)103-82-88(94)83-105-110(99,100)106-84-89(95)85-107-111(101,102)108-87-90(109-93(98)81-78-75-72-69-66-63-60-57-52-33-30-27-24-21-18-15-12-9-6-3)86-104-92(97)80-77-74-71-68-65-62-59-56-54-51-48-46-39-37-35-32-29-26-23-20-17-14-11-8-5-2/h9,12,16-21,25-30,34-37,40-41,46,48,52,57,63,66,88-90,94-95H,4-8,10-11,13-15,22-24,31-33,38-39,42-45,47,49-51,53-56,58-62,64-65,67-87H2,1-3H3,(H,99,100)(H,101,102)/b12-9-,19-16-,20-17-,21-18-,28-25-,29-26-,30-27-,36-34-,37-35-,41-40-,48-46-,57-52-,66-63-. The molecule has 0 aliphatic rings. The summed E-state index contributed by atoms with van der Waals surface area (Å²) in [6.07, 6.45) is 107. The van der Waals surface area contributed by atoms with Crippen molar-refractivity contribution >= 4 is 33.6 Å². The number of rotatable bonds is 82. The van der Waals surface area contributed by atoms with Crippen molar-refractivity contribution < 1.29 is 75.8 Å². The Morgan fingerprint density at radius 2 is 0.477 bits per heavy atom. The van der Waals surface area contributed by atoms with Crippen molar-refractivity contribution in [1.82, 2.24) is 0 Å². The maximum absolute atomic E-state index is 13.0. The van der Waals surface area contributed by atoms with Crippen molar-refractivity contribution in [2.45, 2.75) is 373 Å². The maximum atomic E-state index is 13.0. The highest BCUT2D eigenvalue weighted by Crippen LogP contribution is 2.45. The first kappa shape index (κ1) is 106. The number of hydrogen-bond donors (Lipinski definition) is 4. The summed E-state index contributed by atoms with van der Waals surface area (Å²) in [5, 5.41) is 20.7. The minimum Gasteiger partial charge on any atom is -0.463 e. The van der Waals surface area contributed by atoms with Gasteiger partial charge in [-0.05, 0) is 154 Å². The second-order valence-corrected chi connectivity index (χ2v) is 31.9. The Morgan fingerprint density at radius 1 is 0.261 bits per heavy atom. The molecule has 0 rings (SSSR count). The fraction of sp³-hybridized carbons (Fsp3) is 0.688. The SMILES string of the molecule is CC/C=C\C/C=C\C/C=C\C/C=C\C/C=C\CCCCCC(=O)OC(COC(=O)CCCCCCCCCCC/C=C\C/C=C\C/C=C\C/C=C\CCCCC)COP(=O)(O)OCC(O)COP(=O)(O)OCC(O)COC(=O)CCCCCCCCCCCCCCCCC/C=C\C/C=C\C/C=C\C/C=C\CCCCC. The number of aliphatic hydroxyl groups excluding tert-OH is 2. The molecular formula is C93H158O16P2. The Morgan fingerprint density at radius 3 is 0.766 bits per heavy atom. The van der Waals surface area contributed by atoms with Gasteiger partial charge < -0.3 is 34.2 Å². The van der Waals surface area contributed by atoms with Crippen LogP contribution in [0.25, 0.3) is 0 Å². The maximum Gasteiger partial charge on any atom is 0.472 e. The zero-order valence-corrected chi connectivity index (χ0v) is 71.6. The lowest BCUT2D eigenvalue weighted by molar-refractivity contribution is -0.161. The van der Waals surface area contributed by atoms with Gasteiger partial charge in [-0.1, -0.05) is 339 Å². The van der Waals surface area contributed by atoms with Crippen LogP contribution < -0.4 is 0 Å². The highest BCUT2D eigenvalue weighted by atomic mass is 31.2. The molecule has 16 nitrogen and oxygen atoms in total. The second-order valence-electron chi connectivity index (χ2n) is 29.0. The Balaban J connectivity index is 4.59. The molecule has 0 amide bonds. The fourth-order valence-electron chi connectivity index (χ4n) is 11.6. The lowest BCUT2D eigenvalue weighted by Gasteiger charge is -2.21. The van der Waals surface area contributed by atoms with Gasteiger partial charge >= 0.3 is 33.6 Å². The fourth-order valence-corrected chi connectivity index (χ4v) is 13.2. The van der Waals surface area contributed by atoms with Crippen LogP contribution in [0.3, 0.4) is 0 Å². The first-order valence-electron chi connectivity index (χ1n) is 43.8. The molecule has 0 aromatic carbocycles. The molecule has 0 bridgehead atoms. The van der Waals surface area contributed by atoms with Crippen LogP contribution >= 0.6 is 15.6 Å². The van der Waals surface area contributed by atoms with E-state index in [0.29, 0.717) is 19.3 Å². The molecule has 0 aliphatic carbocycles. The summed E-state index contributed by atoms with van der Waals surface area (Å²) in [5.74, 6) is -1.62. The number of esters is 3. The van der Waals surface area contributed by atoms with E-state index >= 15 is 0 Å². The molecule has 0 fully saturated rings. The number of ether oxygens (including phenoxy) is 3. The van der Waals surface area contributed by atoms with Gasteiger partial charge in [0.25, 0.3) is 0 Å². The molecule has 4 N–H and O–H groups in total. The van der Waals surface area contributed by atoms with E-state index in [1.54, 1.807) is 0 Å². The monoisotopic (exact) mass is 1590 g/mol. The van der Waals surface area contributed by atoms with Gasteiger partial charge in [-0.3, -0.25) is 32.5 Å². The third kappa shape index (κ3) is 85.9. The van der Waals surface area contributed by atoms with E-state index < -0.39 is 91.5 Å². The lowest BCUT2D eigenvalue weighted by Crippen LogP contribution is -2.30. The van der Waals surface area contributed by atoms with Crippen LogP contribution in [0.5, 0.6) is 0 Å². The number of hydrogen-bond acceptors (Lipinski definition) is 14. The average Bonchev–Trinajstić information content (AvgIpc) is 0.885. The zero-order chi connectivity index (χ0) is 80.8. The Hall–Kier alpha value is -4.83. The van der Waals surface area contributed by atoms with E-state index in [1.165, 1.54) is 154 Å². The Labute approximate surface area is 676 Å². The van der Waals surface area contributed by atoms with Crippen molar-refractivity contribution in [3.63, 3.8) is 0 Å². The molecule has 0 spiro atoms. The van der Waals surface area contributed by atoms with E-state index in [2.05, 4.69) is 179 Å².